The van der Waals surface area contributed by atoms with Crippen LogP contribution in [0, 0.1) is 10.1 Å². The molecule has 0 N–H and O–H groups in total. The van der Waals surface area contributed by atoms with Crippen LogP contribution in [0.1, 0.15) is 5.56 Å². The summed E-state index contributed by atoms with van der Waals surface area (Å²) in [7, 11) is 0. The standard InChI is InChI=1S/C9H7F2NO3/c10-9(11)15-8-4-2-1-3-7(8)5-6-12(13)14/h1-6,9H/b6-5+. The number of ether oxygens (including phenoxy) is 1. The molecular formula is C9H7F2NO3. The summed E-state index contributed by atoms with van der Waals surface area (Å²) in [6.45, 7) is -2.95. The molecule has 0 aliphatic carbocycles. The first-order chi connectivity index (χ1) is 7.09. The molecule has 0 unspecified atom stereocenters. The molecule has 0 saturated carbocycles. The van der Waals surface area contributed by atoms with E-state index in [0.29, 0.717) is 6.20 Å². The fourth-order valence-corrected chi connectivity index (χ4v) is 0.963. The molecule has 15 heavy (non-hydrogen) atoms. The molecule has 0 atom stereocenters. The van der Waals surface area contributed by atoms with E-state index in [4.69, 9.17) is 0 Å². The molecule has 0 amide bonds. The van der Waals surface area contributed by atoms with E-state index < -0.39 is 11.5 Å². The van der Waals surface area contributed by atoms with Crippen molar-refractivity contribution in [2.24, 2.45) is 0 Å². The predicted octanol–water partition coefficient (Wildman–Crippen LogP) is 2.54. The Balaban J connectivity index is 2.91. The van der Waals surface area contributed by atoms with Crippen LogP contribution < -0.4 is 4.74 Å². The van der Waals surface area contributed by atoms with Gasteiger partial charge in [-0.15, -0.1) is 0 Å². The van der Waals surface area contributed by atoms with Gasteiger partial charge in [0.15, 0.2) is 0 Å². The summed E-state index contributed by atoms with van der Waals surface area (Å²) in [4.78, 5) is 9.35. The highest BCUT2D eigenvalue weighted by Gasteiger charge is 2.07. The third-order valence-corrected chi connectivity index (χ3v) is 1.51. The van der Waals surface area contributed by atoms with Gasteiger partial charge in [-0.3, -0.25) is 10.1 Å². The Kier molecular flexibility index (Phi) is 3.73. The van der Waals surface area contributed by atoms with Crippen LogP contribution in [-0.2, 0) is 0 Å². The Morgan fingerprint density at radius 3 is 2.67 bits per heavy atom. The van der Waals surface area contributed by atoms with E-state index in [0.717, 1.165) is 6.08 Å². The molecule has 0 aliphatic rings. The number of halogens is 2. The molecule has 0 spiro atoms. The Morgan fingerprint density at radius 2 is 2.07 bits per heavy atom. The van der Waals surface area contributed by atoms with Crippen molar-refractivity contribution in [3.63, 3.8) is 0 Å². The van der Waals surface area contributed by atoms with Crippen molar-refractivity contribution in [2.75, 3.05) is 0 Å². The summed E-state index contributed by atoms with van der Waals surface area (Å²) in [6.07, 6.45) is 1.76. The Bertz CT molecular complexity index is 379. The average Bonchev–Trinajstić information content (AvgIpc) is 2.15. The molecule has 1 aromatic rings. The molecule has 80 valence electrons. The van der Waals surface area contributed by atoms with Crippen LogP contribution in [0.4, 0.5) is 8.78 Å². The number of hydrogen-bond acceptors (Lipinski definition) is 3. The van der Waals surface area contributed by atoms with Crippen LogP contribution >= 0.6 is 0 Å². The number of para-hydroxylation sites is 1. The van der Waals surface area contributed by atoms with Crippen molar-refractivity contribution in [1.29, 1.82) is 0 Å². The third kappa shape index (κ3) is 3.72. The first kappa shape index (κ1) is 11.1. The second kappa shape index (κ2) is 5.04. The van der Waals surface area contributed by atoms with Crippen molar-refractivity contribution in [3.05, 3.63) is 46.1 Å². The number of nitro groups is 1. The third-order valence-electron chi connectivity index (χ3n) is 1.51. The van der Waals surface area contributed by atoms with Gasteiger partial charge in [0, 0.05) is 11.6 Å². The zero-order valence-electron chi connectivity index (χ0n) is 7.47. The quantitative estimate of drug-likeness (QED) is 0.572. The molecule has 0 heterocycles. The minimum absolute atomic E-state index is 0.0920. The lowest BCUT2D eigenvalue weighted by Crippen LogP contribution is -2.03. The van der Waals surface area contributed by atoms with Gasteiger partial charge in [0.05, 0.1) is 4.92 Å². The highest BCUT2D eigenvalue weighted by molar-refractivity contribution is 5.56. The van der Waals surface area contributed by atoms with E-state index in [9.17, 15) is 18.9 Å². The van der Waals surface area contributed by atoms with Gasteiger partial charge >= 0.3 is 6.61 Å². The van der Waals surface area contributed by atoms with E-state index in [2.05, 4.69) is 4.74 Å². The molecule has 0 bridgehead atoms. The Labute approximate surface area is 83.9 Å². The van der Waals surface area contributed by atoms with Crippen LogP contribution in [0.25, 0.3) is 6.08 Å². The smallest absolute Gasteiger partial charge is 0.387 e. The minimum atomic E-state index is -2.95. The van der Waals surface area contributed by atoms with Gasteiger partial charge in [-0.25, -0.2) is 0 Å². The Hall–Kier alpha value is -1.98. The summed E-state index contributed by atoms with van der Waals surface area (Å²) in [5.41, 5.74) is 0.231. The number of nitrogens with zero attached hydrogens (tertiary/aromatic N) is 1. The maximum absolute atomic E-state index is 11.9. The summed E-state index contributed by atoms with van der Waals surface area (Å²) in [6, 6.07) is 5.82. The lowest BCUT2D eigenvalue weighted by Gasteiger charge is -2.06. The van der Waals surface area contributed by atoms with Gasteiger partial charge in [-0.05, 0) is 6.07 Å². The highest BCUT2D eigenvalue weighted by atomic mass is 19.3. The molecular weight excluding hydrogens is 208 g/mol. The number of benzene rings is 1. The molecule has 0 aromatic heterocycles. The van der Waals surface area contributed by atoms with Crippen LogP contribution in [0.15, 0.2) is 30.5 Å². The molecule has 0 aliphatic heterocycles. The summed E-state index contributed by atoms with van der Waals surface area (Å²) >= 11 is 0. The van der Waals surface area contributed by atoms with Crippen molar-refractivity contribution in [2.45, 2.75) is 6.61 Å². The molecule has 6 heteroatoms. The lowest BCUT2D eigenvalue weighted by molar-refractivity contribution is -0.400. The molecule has 0 radical (unpaired) electrons. The first-order valence-corrected chi connectivity index (χ1v) is 3.95. The fraction of sp³-hybridized carbons (Fsp3) is 0.111. The van der Waals surface area contributed by atoms with Gasteiger partial charge in [-0.2, -0.15) is 8.78 Å². The first-order valence-electron chi connectivity index (χ1n) is 3.95. The van der Waals surface area contributed by atoms with Gasteiger partial charge in [0.25, 0.3) is 0 Å². The van der Waals surface area contributed by atoms with Gasteiger partial charge in [0.1, 0.15) is 5.75 Å². The van der Waals surface area contributed by atoms with Crippen molar-refractivity contribution in [3.8, 4) is 5.75 Å². The zero-order chi connectivity index (χ0) is 11.3. The van der Waals surface area contributed by atoms with Crippen LogP contribution in [0.3, 0.4) is 0 Å². The van der Waals surface area contributed by atoms with E-state index in [1.165, 1.54) is 18.2 Å². The Morgan fingerprint density at radius 1 is 1.40 bits per heavy atom. The number of alkyl halides is 2. The second-order valence-electron chi connectivity index (χ2n) is 2.52. The van der Waals surface area contributed by atoms with Gasteiger partial charge in [0.2, 0.25) is 6.20 Å². The van der Waals surface area contributed by atoms with Gasteiger partial charge < -0.3 is 4.74 Å². The summed E-state index contributed by atoms with van der Waals surface area (Å²) in [5.74, 6) is -0.0920. The minimum Gasteiger partial charge on any atom is -0.434 e. The largest absolute Gasteiger partial charge is 0.434 e. The maximum Gasteiger partial charge on any atom is 0.387 e. The molecule has 4 nitrogen and oxygen atoms in total. The molecule has 0 saturated heterocycles. The van der Waals surface area contributed by atoms with Gasteiger partial charge in [-0.1, -0.05) is 18.2 Å². The van der Waals surface area contributed by atoms with Crippen molar-refractivity contribution in [1.82, 2.24) is 0 Å². The van der Waals surface area contributed by atoms with E-state index >= 15 is 0 Å². The monoisotopic (exact) mass is 215 g/mol. The van der Waals surface area contributed by atoms with Crippen molar-refractivity contribution < 1.29 is 18.4 Å². The summed E-state index contributed by atoms with van der Waals surface area (Å²) in [5, 5.41) is 10.0. The van der Waals surface area contributed by atoms with Crippen molar-refractivity contribution >= 4 is 6.08 Å². The van der Waals surface area contributed by atoms with E-state index in [1.54, 1.807) is 6.07 Å². The zero-order valence-corrected chi connectivity index (χ0v) is 7.47. The number of rotatable bonds is 4. The van der Waals surface area contributed by atoms with Crippen LogP contribution in [0.5, 0.6) is 5.75 Å². The lowest BCUT2D eigenvalue weighted by atomic mass is 10.2. The van der Waals surface area contributed by atoms with E-state index in [1.807, 2.05) is 0 Å². The van der Waals surface area contributed by atoms with E-state index in [-0.39, 0.29) is 11.3 Å². The maximum atomic E-state index is 11.9. The van der Waals surface area contributed by atoms with Crippen LogP contribution in [-0.4, -0.2) is 11.5 Å². The highest BCUT2D eigenvalue weighted by Crippen LogP contribution is 2.21. The number of hydrogen-bond donors (Lipinski definition) is 0. The van der Waals surface area contributed by atoms with Crippen LogP contribution in [0.2, 0.25) is 0 Å². The predicted molar refractivity (Wildman–Crippen MR) is 49.1 cm³/mol. The normalized spacial score (nSPS) is 10.9. The second-order valence-corrected chi connectivity index (χ2v) is 2.52. The summed E-state index contributed by atoms with van der Waals surface area (Å²) < 4.78 is 28.0. The molecule has 1 rings (SSSR count). The molecule has 0 fully saturated rings. The molecule has 1 aromatic carbocycles. The fourth-order valence-electron chi connectivity index (χ4n) is 0.963. The topological polar surface area (TPSA) is 52.4 Å². The average molecular weight is 215 g/mol. The SMILES string of the molecule is O=[N+]([O-])/C=C/c1ccccc1OC(F)F.